The molecule has 6 aromatic carbocycles. The average molecular weight is 989 g/mol. The largest absolute Gasteiger partial charge is 0.499 e. The second-order valence-electron chi connectivity index (χ2n) is 18.0. The van der Waals surface area contributed by atoms with Crippen molar-refractivity contribution in [2.45, 2.75) is 38.5 Å². The molecular formula is C63H60N2O9. The van der Waals surface area contributed by atoms with E-state index in [1.54, 1.807) is 65.9 Å². The van der Waals surface area contributed by atoms with E-state index in [1.807, 2.05) is 121 Å². The number of ether oxygens (including phenoxy) is 5. The molecule has 2 unspecified atom stereocenters. The maximum Gasteiger partial charge on any atom is 0.277 e. The van der Waals surface area contributed by atoms with Gasteiger partial charge < -0.3 is 23.7 Å². The minimum atomic E-state index is -0.622. The summed E-state index contributed by atoms with van der Waals surface area (Å²) in [5.41, 5.74) is 8.32. The molecule has 0 heterocycles. The van der Waals surface area contributed by atoms with Gasteiger partial charge in [0, 0.05) is 35.3 Å². The number of nitro groups is 2. The summed E-state index contributed by atoms with van der Waals surface area (Å²) < 4.78 is 29.5. The van der Waals surface area contributed by atoms with E-state index in [0.717, 1.165) is 93.9 Å². The number of nitrogens with zero attached hydrogens (tertiary/aromatic N) is 2. The normalized spacial score (nSPS) is 17.6. The summed E-state index contributed by atoms with van der Waals surface area (Å²) in [6.45, 7) is 0. The Hall–Kier alpha value is -8.70. The van der Waals surface area contributed by atoms with Crippen molar-refractivity contribution < 1.29 is 33.5 Å². The fourth-order valence-electron chi connectivity index (χ4n) is 9.92. The second kappa shape index (κ2) is 24.6. The molecule has 2 aliphatic carbocycles. The molecule has 11 heteroatoms. The third kappa shape index (κ3) is 12.0. The van der Waals surface area contributed by atoms with Crippen molar-refractivity contribution in [1.29, 1.82) is 0 Å². The molecule has 0 radical (unpaired) electrons. The van der Waals surface area contributed by atoms with E-state index >= 15 is 0 Å². The minimum Gasteiger partial charge on any atom is -0.499 e. The lowest BCUT2D eigenvalue weighted by atomic mass is 9.71. The molecule has 0 aromatic heterocycles. The Balaban J connectivity index is 1.48. The van der Waals surface area contributed by atoms with Crippen LogP contribution in [0.5, 0.6) is 23.0 Å². The zero-order valence-electron chi connectivity index (χ0n) is 42.4. The number of hydrogen-bond acceptors (Lipinski definition) is 9. The van der Waals surface area contributed by atoms with Gasteiger partial charge in [-0.2, -0.15) is 0 Å². The Kier molecular flexibility index (Phi) is 17.2. The predicted molar refractivity (Wildman–Crippen MR) is 296 cm³/mol. The Morgan fingerprint density at radius 3 is 1.76 bits per heavy atom. The Morgan fingerprint density at radius 2 is 1.11 bits per heavy atom. The van der Waals surface area contributed by atoms with Gasteiger partial charge in [0.05, 0.1) is 62.1 Å². The van der Waals surface area contributed by atoms with E-state index < -0.39 is 11.8 Å². The van der Waals surface area contributed by atoms with Gasteiger partial charge in [-0.25, -0.2) is 0 Å². The molecule has 0 aliphatic heterocycles. The first-order chi connectivity index (χ1) is 36.1. The van der Waals surface area contributed by atoms with Crippen LogP contribution in [0.2, 0.25) is 0 Å². The summed E-state index contributed by atoms with van der Waals surface area (Å²) in [6, 6.07) is 41.5. The van der Waals surface area contributed by atoms with Gasteiger partial charge >= 0.3 is 0 Å². The van der Waals surface area contributed by atoms with Crippen LogP contribution in [0.25, 0.3) is 42.0 Å². The van der Waals surface area contributed by atoms with Crippen LogP contribution in [-0.2, 0) is 4.74 Å². The molecule has 1 fully saturated rings. The standard InChI is InChI=1S/C63H60N2O9/c1-70-50-32-28-49(60(42-50)72-3)41-56-51(34-29-46-31-36-58(65(68)69)62(48-23-14-6-7-15-24-48)54(46)38-43-18-10-8-11-19-43)55(39-44-20-12-9-13-21-44)52(33-26-45-27-37-59(71-2)61(40-45)73-4)63(74-5)53(56)35-30-47-22-16-17-25-57(47)64(66)67/h8-13,16-22,25-42,51,53H,6-7,14-15,23-24H2,1-5H3. The van der Waals surface area contributed by atoms with Crippen LogP contribution in [0.3, 0.4) is 0 Å². The molecule has 74 heavy (non-hydrogen) atoms. The lowest BCUT2D eigenvalue weighted by molar-refractivity contribution is -0.386. The fraction of sp³-hybridized carbons (Fsp3) is 0.206. The zero-order valence-corrected chi connectivity index (χ0v) is 42.4. The van der Waals surface area contributed by atoms with E-state index in [1.165, 1.54) is 6.07 Å². The summed E-state index contributed by atoms with van der Waals surface area (Å²) in [5, 5.41) is 26.9. The SMILES string of the molecule is COC1=C(C=Cc2ccc(OC)c(OC)c2)C(=Cc2ccccc2)C(C=Cc2ccc([N+](=O)[O-])c(=C3CCCCCC3)c2=Cc2ccccc2)C(=Cc2ccc(OC)cc2OC)C1C=Cc1ccccc1[N+](=O)[O-]. The van der Waals surface area contributed by atoms with Crippen LogP contribution in [0, 0.1) is 32.1 Å². The predicted octanol–water partition coefficient (Wildman–Crippen LogP) is 13.6. The summed E-state index contributed by atoms with van der Waals surface area (Å²) in [5.74, 6) is 1.78. The zero-order chi connectivity index (χ0) is 52.0. The minimum absolute atomic E-state index is 0.0396. The van der Waals surface area contributed by atoms with Gasteiger partial charge in [0.15, 0.2) is 11.5 Å². The molecule has 0 spiro atoms. The third-order valence-corrected chi connectivity index (χ3v) is 13.6. The Bertz CT molecular complexity index is 3320. The molecular weight excluding hydrogens is 929 g/mol. The van der Waals surface area contributed by atoms with Crippen molar-refractivity contribution >= 4 is 53.4 Å². The number of hydrogen-bond donors (Lipinski definition) is 0. The van der Waals surface area contributed by atoms with Crippen molar-refractivity contribution in [3.8, 4) is 23.0 Å². The van der Waals surface area contributed by atoms with Crippen molar-refractivity contribution in [3.63, 3.8) is 0 Å². The highest BCUT2D eigenvalue weighted by atomic mass is 16.6. The van der Waals surface area contributed by atoms with Gasteiger partial charge in [0.2, 0.25) is 0 Å². The number of nitro benzene ring substituents is 2. The van der Waals surface area contributed by atoms with Crippen molar-refractivity contribution in [1.82, 2.24) is 0 Å². The van der Waals surface area contributed by atoms with Crippen LogP contribution in [-0.4, -0.2) is 45.4 Å². The van der Waals surface area contributed by atoms with Crippen LogP contribution in [0.1, 0.15) is 71.9 Å². The molecule has 11 nitrogen and oxygen atoms in total. The van der Waals surface area contributed by atoms with Crippen molar-refractivity contribution in [3.05, 3.63) is 238 Å². The molecule has 8 rings (SSSR count). The molecule has 0 saturated heterocycles. The van der Waals surface area contributed by atoms with Crippen molar-refractivity contribution in [2.24, 2.45) is 11.8 Å². The molecule has 0 bridgehead atoms. The third-order valence-electron chi connectivity index (χ3n) is 13.6. The number of para-hydroxylation sites is 1. The smallest absolute Gasteiger partial charge is 0.277 e. The highest BCUT2D eigenvalue weighted by Crippen LogP contribution is 2.48. The monoisotopic (exact) mass is 988 g/mol. The summed E-state index contributed by atoms with van der Waals surface area (Å²) >= 11 is 0. The molecule has 1 saturated carbocycles. The van der Waals surface area contributed by atoms with E-state index in [9.17, 15) is 20.2 Å². The average Bonchev–Trinajstić information content (AvgIpc) is 3.72. The maximum absolute atomic E-state index is 13.0. The van der Waals surface area contributed by atoms with Crippen LogP contribution < -0.4 is 29.4 Å². The van der Waals surface area contributed by atoms with E-state index in [0.29, 0.717) is 39.5 Å². The summed E-state index contributed by atoms with van der Waals surface area (Å²) in [7, 11) is 8.06. The second-order valence-corrected chi connectivity index (χ2v) is 18.0. The van der Waals surface area contributed by atoms with E-state index in [-0.39, 0.29) is 21.2 Å². The highest BCUT2D eigenvalue weighted by molar-refractivity contribution is 5.77. The van der Waals surface area contributed by atoms with Gasteiger partial charge in [-0.05, 0) is 107 Å². The van der Waals surface area contributed by atoms with Crippen LogP contribution in [0.15, 0.2) is 174 Å². The van der Waals surface area contributed by atoms with Gasteiger partial charge in [-0.1, -0.05) is 146 Å². The molecule has 6 aromatic rings. The van der Waals surface area contributed by atoms with Gasteiger partial charge in [0.1, 0.15) is 17.3 Å². The number of allylic oxidation sites excluding steroid dienone is 5. The first-order valence-corrected chi connectivity index (χ1v) is 24.7. The molecule has 2 atom stereocenters. The molecule has 2 aliphatic rings. The maximum atomic E-state index is 13.0. The topological polar surface area (TPSA) is 132 Å². The summed E-state index contributed by atoms with van der Waals surface area (Å²) in [6.07, 6.45) is 24.0. The number of methoxy groups -OCH3 is 5. The van der Waals surface area contributed by atoms with Crippen LogP contribution >= 0.6 is 0 Å². The molecule has 0 amide bonds. The van der Waals surface area contributed by atoms with Crippen molar-refractivity contribution in [2.75, 3.05) is 35.5 Å². The van der Waals surface area contributed by atoms with E-state index in [2.05, 4.69) is 30.4 Å². The number of non-ortho nitro benzene ring substituents is 1. The van der Waals surface area contributed by atoms with Gasteiger partial charge in [0.25, 0.3) is 11.4 Å². The molecule has 376 valence electrons. The molecule has 0 N–H and O–H groups in total. The fourth-order valence-corrected chi connectivity index (χ4v) is 9.92. The Morgan fingerprint density at radius 1 is 0.486 bits per heavy atom. The quantitative estimate of drug-likeness (QED) is 0.0528. The van der Waals surface area contributed by atoms with E-state index in [4.69, 9.17) is 23.7 Å². The van der Waals surface area contributed by atoms with Gasteiger partial charge in [-0.3, -0.25) is 20.2 Å². The first-order valence-electron chi connectivity index (χ1n) is 24.7. The summed E-state index contributed by atoms with van der Waals surface area (Å²) in [4.78, 5) is 24.8. The van der Waals surface area contributed by atoms with Gasteiger partial charge in [-0.15, -0.1) is 0 Å². The lowest BCUT2D eigenvalue weighted by Gasteiger charge is -2.35. The Labute approximate surface area is 432 Å². The lowest BCUT2D eigenvalue weighted by Crippen LogP contribution is -2.32. The van der Waals surface area contributed by atoms with Crippen LogP contribution in [0.4, 0.5) is 11.4 Å². The number of rotatable bonds is 16. The highest BCUT2D eigenvalue weighted by Gasteiger charge is 2.36. The number of benzene rings is 6. The first kappa shape index (κ1) is 51.6.